The van der Waals surface area contributed by atoms with Gasteiger partial charge in [-0.3, -0.25) is 14.4 Å². The number of nitrogens with zero attached hydrogens (tertiary/aromatic N) is 1. The van der Waals surface area contributed by atoms with Crippen molar-refractivity contribution in [2.24, 2.45) is 16.6 Å². The number of hydrogen-bond donors (Lipinski definition) is 1. The van der Waals surface area contributed by atoms with E-state index in [4.69, 9.17) is 22.1 Å². The van der Waals surface area contributed by atoms with E-state index in [1.54, 1.807) is 12.1 Å². The highest BCUT2D eigenvalue weighted by Crippen LogP contribution is 2.54. The Morgan fingerprint density at radius 3 is 2.00 bits per heavy atom. The van der Waals surface area contributed by atoms with Gasteiger partial charge in [-0.25, -0.2) is 0 Å². The maximum Gasteiger partial charge on any atom is 0.255 e. The van der Waals surface area contributed by atoms with Gasteiger partial charge in [0.2, 0.25) is 0 Å². The normalized spacial score (nSPS) is 22.3. The van der Waals surface area contributed by atoms with Crippen LogP contribution in [0.2, 0.25) is 5.02 Å². The molecule has 0 bridgehead atoms. The van der Waals surface area contributed by atoms with Crippen LogP contribution in [0.3, 0.4) is 0 Å². The highest BCUT2D eigenvalue weighted by molar-refractivity contribution is 6.32. The summed E-state index contributed by atoms with van der Waals surface area (Å²) in [6, 6.07) is 5.24. The number of Topliss-reactive ketones (excluding diaryl/α,β-unsaturated/α-hetero) is 2. The van der Waals surface area contributed by atoms with Crippen LogP contribution in [-0.4, -0.2) is 36.0 Å². The molecule has 1 aromatic carbocycles. The van der Waals surface area contributed by atoms with Crippen LogP contribution < -0.4 is 10.5 Å². The molecule has 0 aromatic heterocycles. The van der Waals surface area contributed by atoms with Crippen molar-refractivity contribution in [3.8, 4) is 5.75 Å². The van der Waals surface area contributed by atoms with E-state index < -0.39 is 11.8 Å². The number of nitrogens with two attached hydrogens (primary N) is 1. The molecule has 7 heteroatoms. The number of ether oxygens (including phenoxy) is 1. The van der Waals surface area contributed by atoms with Gasteiger partial charge < -0.3 is 15.4 Å². The minimum atomic E-state index is -0.596. The third kappa shape index (κ3) is 4.33. The molecular weight excluding hydrogens is 440 g/mol. The largest absolute Gasteiger partial charge is 0.482 e. The molecule has 1 aliphatic heterocycles. The Morgan fingerprint density at radius 1 is 1.03 bits per heavy atom. The van der Waals surface area contributed by atoms with E-state index >= 15 is 0 Å². The number of halogens is 1. The molecule has 0 radical (unpaired) electrons. The van der Waals surface area contributed by atoms with Crippen LogP contribution in [0, 0.1) is 10.8 Å². The first kappa shape index (κ1) is 23.6. The highest BCUT2D eigenvalue weighted by atomic mass is 35.5. The number of carbonyl (C=O) groups excluding carboxylic acids is 3. The summed E-state index contributed by atoms with van der Waals surface area (Å²) >= 11 is 6.48. The van der Waals surface area contributed by atoms with Gasteiger partial charge in [-0.2, -0.15) is 0 Å². The van der Waals surface area contributed by atoms with Gasteiger partial charge in [0.1, 0.15) is 5.75 Å². The maximum atomic E-state index is 13.5. The first-order valence-electron chi connectivity index (χ1n) is 11.3. The van der Waals surface area contributed by atoms with Crippen molar-refractivity contribution in [3.05, 3.63) is 51.3 Å². The van der Waals surface area contributed by atoms with Gasteiger partial charge in [-0.1, -0.05) is 45.4 Å². The number of rotatable bonds is 4. The standard InChI is InChI=1S/C26H31ClN2O4/c1-25(2)9-16-23(18(30)11-25)22(14-6-7-20(15(27)8-14)33-13-21(28)32)24-17(29(16)5)10-26(3,4)12-19(24)31/h6-8,22H,9-13H2,1-5H3,(H2,28,32). The van der Waals surface area contributed by atoms with E-state index in [9.17, 15) is 14.4 Å². The summed E-state index contributed by atoms with van der Waals surface area (Å²) in [6.07, 6.45) is 2.40. The molecule has 2 aliphatic carbocycles. The lowest BCUT2D eigenvalue weighted by Crippen LogP contribution is -2.43. The van der Waals surface area contributed by atoms with Crippen molar-refractivity contribution in [3.63, 3.8) is 0 Å². The van der Waals surface area contributed by atoms with Crippen LogP contribution in [0.4, 0.5) is 0 Å². The van der Waals surface area contributed by atoms with Crippen LogP contribution in [0.25, 0.3) is 0 Å². The zero-order valence-corrected chi connectivity index (χ0v) is 20.6. The average molecular weight is 471 g/mol. The summed E-state index contributed by atoms with van der Waals surface area (Å²) in [5.41, 5.74) is 9.05. The SMILES string of the molecule is CN1C2=C(C(=O)CC(C)(C)C2)C(c2ccc(OCC(N)=O)c(Cl)c2)C2=C1CC(C)(C)CC2=O. The number of carbonyl (C=O) groups is 3. The molecule has 1 heterocycles. The van der Waals surface area contributed by atoms with E-state index in [0.29, 0.717) is 34.8 Å². The second kappa shape index (κ2) is 8.01. The summed E-state index contributed by atoms with van der Waals surface area (Å²) < 4.78 is 5.40. The molecule has 3 aliphatic rings. The Balaban J connectivity index is 1.88. The van der Waals surface area contributed by atoms with Crippen molar-refractivity contribution in [2.75, 3.05) is 13.7 Å². The molecule has 2 N–H and O–H groups in total. The first-order valence-corrected chi connectivity index (χ1v) is 11.6. The number of benzene rings is 1. The molecule has 1 amide bonds. The fraction of sp³-hybridized carbons (Fsp3) is 0.500. The molecule has 0 fully saturated rings. The summed E-state index contributed by atoms with van der Waals surface area (Å²) in [5.74, 6) is -0.565. The topological polar surface area (TPSA) is 89.7 Å². The minimum absolute atomic E-state index is 0.0764. The number of hydrogen-bond acceptors (Lipinski definition) is 5. The van der Waals surface area contributed by atoms with Crippen LogP contribution in [0.1, 0.15) is 64.9 Å². The molecule has 0 spiro atoms. The first-order chi connectivity index (χ1) is 15.3. The minimum Gasteiger partial charge on any atom is -0.482 e. The average Bonchev–Trinajstić information content (AvgIpc) is 2.67. The van der Waals surface area contributed by atoms with Gasteiger partial charge >= 0.3 is 0 Å². The summed E-state index contributed by atoms with van der Waals surface area (Å²) in [4.78, 5) is 40.2. The monoisotopic (exact) mass is 470 g/mol. The van der Waals surface area contributed by atoms with Crippen LogP contribution >= 0.6 is 11.6 Å². The summed E-state index contributed by atoms with van der Waals surface area (Å²) in [6.45, 7) is 8.16. The molecule has 0 atom stereocenters. The molecule has 0 saturated carbocycles. The predicted octanol–water partition coefficient (Wildman–Crippen LogP) is 4.52. The zero-order chi connectivity index (χ0) is 24.3. The smallest absolute Gasteiger partial charge is 0.255 e. The molecule has 0 saturated heterocycles. The van der Waals surface area contributed by atoms with Crippen molar-refractivity contribution in [2.45, 2.75) is 59.3 Å². The van der Waals surface area contributed by atoms with Crippen LogP contribution in [0.5, 0.6) is 5.75 Å². The fourth-order valence-corrected chi connectivity index (χ4v) is 5.70. The van der Waals surface area contributed by atoms with E-state index in [-0.39, 0.29) is 29.0 Å². The van der Waals surface area contributed by atoms with Crippen molar-refractivity contribution >= 4 is 29.1 Å². The Bertz CT molecular complexity index is 1080. The van der Waals surface area contributed by atoms with Gasteiger partial charge in [0.05, 0.1) is 5.02 Å². The van der Waals surface area contributed by atoms with Gasteiger partial charge in [0.25, 0.3) is 5.91 Å². The summed E-state index contributed by atoms with van der Waals surface area (Å²) in [5, 5.41) is 0.309. The molecule has 0 unspecified atom stereocenters. The third-order valence-electron chi connectivity index (χ3n) is 6.84. The van der Waals surface area contributed by atoms with E-state index in [1.807, 2.05) is 13.1 Å². The lowest BCUT2D eigenvalue weighted by molar-refractivity contribution is -0.121. The zero-order valence-electron chi connectivity index (χ0n) is 19.9. The Labute approximate surface area is 199 Å². The number of allylic oxidation sites excluding steroid dienone is 4. The van der Waals surface area contributed by atoms with E-state index in [1.165, 1.54) is 0 Å². The van der Waals surface area contributed by atoms with Gasteiger partial charge in [0.15, 0.2) is 18.2 Å². The molecule has 176 valence electrons. The number of ketones is 2. The van der Waals surface area contributed by atoms with Crippen molar-refractivity contribution < 1.29 is 19.1 Å². The van der Waals surface area contributed by atoms with Gasteiger partial charge in [0, 0.05) is 48.3 Å². The second-order valence-electron chi connectivity index (χ2n) is 11.0. The molecule has 33 heavy (non-hydrogen) atoms. The van der Waals surface area contributed by atoms with E-state index in [0.717, 1.165) is 29.8 Å². The second-order valence-corrected chi connectivity index (χ2v) is 11.4. The Kier molecular flexibility index (Phi) is 5.72. The van der Waals surface area contributed by atoms with Crippen LogP contribution in [0.15, 0.2) is 40.7 Å². The quantitative estimate of drug-likeness (QED) is 0.698. The lowest BCUT2D eigenvalue weighted by Gasteiger charge is -2.47. The predicted molar refractivity (Wildman–Crippen MR) is 127 cm³/mol. The molecule has 6 nitrogen and oxygen atoms in total. The number of amides is 1. The van der Waals surface area contributed by atoms with Gasteiger partial charge in [-0.05, 0) is 41.4 Å². The van der Waals surface area contributed by atoms with Crippen molar-refractivity contribution in [1.82, 2.24) is 4.90 Å². The summed E-state index contributed by atoms with van der Waals surface area (Å²) in [7, 11) is 1.98. The van der Waals surface area contributed by atoms with E-state index in [2.05, 4.69) is 32.6 Å². The van der Waals surface area contributed by atoms with Crippen LogP contribution in [-0.2, 0) is 14.4 Å². The fourth-order valence-electron chi connectivity index (χ4n) is 5.46. The lowest BCUT2D eigenvalue weighted by atomic mass is 9.64. The third-order valence-corrected chi connectivity index (χ3v) is 7.13. The molecular formula is C26H31ClN2O4. The molecule has 1 aromatic rings. The van der Waals surface area contributed by atoms with Gasteiger partial charge in [-0.15, -0.1) is 0 Å². The number of primary amides is 1. The highest BCUT2D eigenvalue weighted by Gasteiger charge is 2.48. The molecule has 4 rings (SSSR count). The maximum absolute atomic E-state index is 13.5. The Hall–Kier alpha value is -2.60. The van der Waals surface area contributed by atoms with Crippen molar-refractivity contribution in [1.29, 1.82) is 0 Å². The Morgan fingerprint density at radius 2 is 1.55 bits per heavy atom.